The van der Waals surface area contributed by atoms with Crippen molar-refractivity contribution in [3.63, 3.8) is 0 Å². The van der Waals surface area contributed by atoms with Crippen molar-refractivity contribution < 1.29 is 13.2 Å². The summed E-state index contributed by atoms with van der Waals surface area (Å²) in [6, 6.07) is -0.112. The molecule has 1 amide bonds. The van der Waals surface area contributed by atoms with E-state index >= 15 is 0 Å². The monoisotopic (exact) mass is 318 g/mol. The number of hydrogen-bond acceptors (Lipinski definition) is 4. The molecule has 0 aliphatic carbocycles. The third-order valence-corrected chi connectivity index (χ3v) is 5.98. The van der Waals surface area contributed by atoms with Gasteiger partial charge in [-0.3, -0.25) is 4.79 Å². The fourth-order valence-corrected chi connectivity index (χ4v) is 4.53. The number of amides is 1. The van der Waals surface area contributed by atoms with Gasteiger partial charge in [-0.05, 0) is 38.1 Å². The topological polar surface area (TPSA) is 80.5 Å². The normalized spacial score (nSPS) is 22.1. The Morgan fingerprint density at radius 3 is 2.62 bits per heavy atom. The number of carbonyl (C=O) groups excluding carboxylic acids is 1. The largest absolute Gasteiger partial charge is 0.339 e. The van der Waals surface area contributed by atoms with E-state index < -0.39 is 9.84 Å². The summed E-state index contributed by atoms with van der Waals surface area (Å²) in [6.07, 6.45) is 4.79. The zero-order chi connectivity index (χ0) is 15.9. The van der Waals surface area contributed by atoms with Crippen LogP contribution in [-0.2, 0) is 14.6 Å². The molecule has 0 spiro atoms. The van der Waals surface area contributed by atoms with Crippen LogP contribution >= 0.6 is 0 Å². The van der Waals surface area contributed by atoms with E-state index in [2.05, 4.69) is 13.8 Å². The number of sulfone groups is 1. The van der Waals surface area contributed by atoms with Crippen molar-refractivity contribution >= 4 is 15.7 Å². The van der Waals surface area contributed by atoms with Gasteiger partial charge in [0.2, 0.25) is 5.91 Å². The molecule has 1 fully saturated rings. The highest BCUT2D eigenvalue weighted by Gasteiger charge is 2.34. The molecule has 1 aliphatic rings. The molecule has 5 nitrogen and oxygen atoms in total. The first kappa shape index (κ1) is 18.4. The fourth-order valence-electron chi connectivity index (χ4n) is 2.80. The molecule has 2 unspecified atom stereocenters. The minimum Gasteiger partial charge on any atom is -0.339 e. The van der Waals surface area contributed by atoms with Crippen molar-refractivity contribution in [3.05, 3.63) is 0 Å². The van der Waals surface area contributed by atoms with Gasteiger partial charge in [0, 0.05) is 19.0 Å². The van der Waals surface area contributed by atoms with Gasteiger partial charge >= 0.3 is 0 Å². The van der Waals surface area contributed by atoms with E-state index in [4.69, 9.17) is 5.73 Å². The van der Waals surface area contributed by atoms with Crippen LogP contribution in [0.1, 0.15) is 52.4 Å². The molecular weight excluding hydrogens is 288 g/mol. The maximum absolute atomic E-state index is 12.5. The second-order valence-electron chi connectivity index (χ2n) is 6.22. The maximum atomic E-state index is 12.5. The minimum atomic E-state index is -2.95. The van der Waals surface area contributed by atoms with Gasteiger partial charge in [0.1, 0.15) is 0 Å². The van der Waals surface area contributed by atoms with E-state index in [-0.39, 0.29) is 23.5 Å². The molecule has 1 aliphatic heterocycles. The Hall–Kier alpha value is -0.620. The van der Waals surface area contributed by atoms with E-state index in [9.17, 15) is 13.2 Å². The quantitative estimate of drug-likeness (QED) is 0.699. The van der Waals surface area contributed by atoms with Gasteiger partial charge in [-0.25, -0.2) is 8.42 Å². The first-order chi connectivity index (χ1) is 9.89. The molecule has 0 bridgehead atoms. The molecule has 6 heteroatoms. The second kappa shape index (κ2) is 8.73. The summed E-state index contributed by atoms with van der Waals surface area (Å²) in [7, 11) is -2.95. The summed E-state index contributed by atoms with van der Waals surface area (Å²) >= 11 is 0. The van der Waals surface area contributed by atoms with Crippen molar-refractivity contribution in [2.24, 2.45) is 11.7 Å². The number of nitrogens with zero attached hydrogens (tertiary/aromatic N) is 1. The number of hydrogen-bond donors (Lipinski definition) is 1. The van der Waals surface area contributed by atoms with Crippen LogP contribution in [0.2, 0.25) is 0 Å². The Kier molecular flexibility index (Phi) is 7.66. The lowest BCUT2D eigenvalue weighted by Crippen LogP contribution is -2.41. The maximum Gasteiger partial charge on any atom is 0.222 e. The van der Waals surface area contributed by atoms with Gasteiger partial charge in [-0.15, -0.1) is 0 Å². The first-order valence-electron chi connectivity index (χ1n) is 8.09. The van der Waals surface area contributed by atoms with Crippen molar-refractivity contribution in [1.29, 1.82) is 0 Å². The van der Waals surface area contributed by atoms with Crippen molar-refractivity contribution in [1.82, 2.24) is 4.90 Å². The van der Waals surface area contributed by atoms with Crippen molar-refractivity contribution in [2.45, 2.75) is 58.4 Å². The molecule has 0 aromatic carbocycles. The van der Waals surface area contributed by atoms with Crippen LogP contribution in [0, 0.1) is 5.92 Å². The standard InChI is InChI=1S/C15H30N2O3S/c1-3-4-10-17(14-8-11-21(19,20)12-14)15(18)6-5-13(2)7-9-16/h13-14H,3-12,16H2,1-2H3. The molecule has 0 saturated carbocycles. The van der Waals surface area contributed by atoms with Crippen LogP contribution in [0.15, 0.2) is 0 Å². The number of nitrogens with two attached hydrogens (primary N) is 1. The molecule has 1 rings (SSSR count). The predicted molar refractivity (Wildman–Crippen MR) is 85.7 cm³/mol. The Morgan fingerprint density at radius 1 is 1.38 bits per heavy atom. The Balaban J connectivity index is 2.58. The number of unbranched alkanes of at least 4 members (excludes halogenated alkanes) is 1. The average Bonchev–Trinajstić information content (AvgIpc) is 2.77. The second-order valence-corrected chi connectivity index (χ2v) is 8.45. The van der Waals surface area contributed by atoms with E-state index in [0.717, 1.165) is 25.7 Å². The van der Waals surface area contributed by atoms with Crippen LogP contribution < -0.4 is 5.73 Å². The lowest BCUT2D eigenvalue weighted by molar-refractivity contribution is -0.133. The third kappa shape index (κ3) is 6.34. The van der Waals surface area contributed by atoms with E-state index in [0.29, 0.717) is 31.8 Å². The molecule has 0 aromatic heterocycles. The Labute approximate surface area is 129 Å². The minimum absolute atomic E-state index is 0.106. The molecule has 124 valence electrons. The highest BCUT2D eigenvalue weighted by molar-refractivity contribution is 7.91. The summed E-state index contributed by atoms with van der Waals surface area (Å²) in [6.45, 7) is 5.52. The lowest BCUT2D eigenvalue weighted by Gasteiger charge is -2.28. The smallest absolute Gasteiger partial charge is 0.222 e. The van der Waals surface area contributed by atoms with Gasteiger partial charge in [0.05, 0.1) is 11.5 Å². The van der Waals surface area contributed by atoms with Gasteiger partial charge < -0.3 is 10.6 Å². The average molecular weight is 318 g/mol. The summed E-state index contributed by atoms with van der Waals surface area (Å²) in [5.41, 5.74) is 5.53. The summed E-state index contributed by atoms with van der Waals surface area (Å²) in [4.78, 5) is 14.3. The van der Waals surface area contributed by atoms with Crippen LogP contribution in [0.3, 0.4) is 0 Å². The molecular formula is C15H30N2O3S. The van der Waals surface area contributed by atoms with E-state index in [1.165, 1.54) is 0 Å². The molecule has 21 heavy (non-hydrogen) atoms. The van der Waals surface area contributed by atoms with Crippen LogP contribution in [0.5, 0.6) is 0 Å². The molecule has 2 N–H and O–H groups in total. The number of carbonyl (C=O) groups is 1. The highest BCUT2D eigenvalue weighted by Crippen LogP contribution is 2.20. The SMILES string of the molecule is CCCCN(C(=O)CCC(C)CCN)C1CCS(=O)(=O)C1. The fraction of sp³-hybridized carbons (Fsp3) is 0.933. The van der Waals surface area contributed by atoms with Crippen molar-refractivity contribution in [3.8, 4) is 0 Å². The van der Waals surface area contributed by atoms with Crippen LogP contribution in [0.4, 0.5) is 0 Å². The summed E-state index contributed by atoms with van der Waals surface area (Å²) in [5.74, 6) is 0.909. The van der Waals surface area contributed by atoms with E-state index in [1.807, 2.05) is 4.90 Å². The van der Waals surface area contributed by atoms with Gasteiger partial charge in [-0.2, -0.15) is 0 Å². The van der Waals surface area contributed by atoms with Gasteiger partial charge in [-0.1, -0.05) is 20.3 Å². The van der Waals surface area contributed by atoms with Crippen LogP contribution in [0.25, 0.3) is 0 Å². The van der Waals surface area contributed by atoms with Crippen LogP contribution in [-0.4, -0.2) is 49.9 Å². The van der Waals surface area contributed by atoms with Crippen molar-refractivity contribution in [2.75, 3.05) is 24.6 Å². The highest BCUT2D eigenvalue weighted by atomic mass is 32.2. The zero-order valence-corrected chi connectivity index (χ0v) is 14.2. The molecule has 0 radical (unpaired) electrons. The summed E-state index contributed by atoms with van der Waals surface area (Å²) < 4.78 is 23.3. The van der Waals surface area contributed by atoms with E-state index in [1.54, 1.807) is 0 Å². The molecule has 2 atom stereocenters. The molecule has 0 aromatic rings. The molecule has 1 heterocycles. The Morgan fingerprint density at radius 2 is 2.10 bits per heavy atom. The zero-order valence-electron chi connectivity index (χ0n) is 13.4. The Bertz CT molecular complexity index is 423. The third-order valence-electron chi connectivity index (χ3n) is 4.23. The first-order valence-corrected chi connectivity index (χ1v) is 9.91. The summed E-state index contributed by atoms with van der Waals surface area (Å²) in [5, 5.41) is 0. The predicted octanol–water partition coefficient (Wildman–Crippen LogP) is 1.57. The number of rotatable bonds is 9. The van der Waals surface area contributed by atoms with Gasteiger partial charge in [0.15, 0.2) is 9.84 Å². The molecule has 1 saturated heterocycles. The van der Waals surface area contributed by atoms with Gasteiger partial charge in [0.25, 0.3) is 0 Å². The lowest BCUT2D eigenvalue weighted by atomic mass is 10.0.